The average Bonchev–Trinajstić information content (AvgIpc) is 1.97. The summed E-state index contributed by atoms with van der Waals surface area (Å²) in [7, 11) is 1.46. The summed E-state index contributed by atoms with van der Waals surface area (Å²) in [5.74, 6) is -0.0133. The topological polar surface area (TPSA) is 76.4 Å². The summed E-state index contributed by atoms with van der Waals surface area (Å²) in [6, 6.07) is -0.460. The highest BCUT2D eigenvalue weighted by molar-refractivity contribution is 9.10. The lowest BCUT2D eigenvalue weighted by Gasteiger charge is -2.32. The Labute approximate surface area is 72.0 Å². The van der Waals surface area contributed by atoms with E-state index in [1.807, 2.05) is 0 Å². The Morgan fingerprint density at radius 2 is 2.36 bits per heavy atom. The van der Waals surface area contributed by atoms with Crippen LogP contribution in [0.1, 0.15) is 0 Å². The quantitative estimate of drug-likeness (QED) is 0.492. The van der Waals surface area contributed by atoms with Crippen molar-refractivity contribution in [1.29, 1.82) is 5.41 Å². The van der Waals surface area contributed by atoms with Crippen molar-refractivity contribution in [1.82, 2.24) is 10.2 Å². The molecule has 0 unspecified atom stereocenters. The Kier molecular flexibility index (Phi) is 2.15. The van der Waals surface area contributed by atoms with Crippen molar-refractivity contribution in [2.45, 2.75) is 11.1 Å². The first-order valence-corrected chi connectivity index (χ1v) is 3.90. The smallest absolute Gasteiger partial charge is 0.324 e. The summed E-state index contributed by atoms with van der Waals surface area (Å²) in [6.07, 6.45) is -0.962. The summed E-state index contributed by atoms with van der Waals surface area (Å²) in [5, 5.41) is 18.7. The fourth-order valence-electron chi connectivity index (χ4n) is 0.738. The van der Waals surface area contributed by atoms with Crippen molar-refractivity contribution in [3.8, 4) is 0 Å². The van der Waals surface area contributed by atoms with Crippen LogP contribution in [-0.4, -0.2) is 40.0 Å². The van der Waals surface area contributed by atoms with E-state index in [1.54, 1.807) is 0 Å². The predicted octanol–water partition coefficient (Wildman–Crippen LogP) is -0.299. The van der Waals surface area contributed by atoms with Crippen LogP contribution in [0.3, 0.4) is 0 Å². The molecule has 3 N–H and O–H groups in total. The minimum atomic E-state index is -0.962. The second kappa shape index (κ2) is 2.78. The number of nitrogens with zero attached hydrogens (tertiary/aromatic N) is 1. The zero-order chi connectivity index (χ0) is 8.59. The standard InChI is InChI=1S/C5H8BrN3O2/c1-9-4(10)2(6)3(7)8-5(9)11/h2,4,10H,1H3,(H2,7,8,11)/t2-,4+/m0/s1. The third kappa shape index (κ3) is 1.36. The molecular weight excluding hydrogens is 214 g/mol. The van der Waals surface area contributed by atoms with Crippen LogP contribution in [0.25, 0.3) is 0 Å². The van der Waals surface area contributed by atoms with Gasteiger partial charge < -0.3 is 10.0 Å². The van der Waals surface area contributed by atoms with Gasteiger partial charge in [-0.15, -0.1) is 0 Å². The van der Waals surface area contributed by atoms with Crippen molar-refractivity contribution < 1.29 is 9.90 Å². The molecule has 0 aliphatic carbocycles. The molecule has 0 aromatic rings. The van der Waals surface area contributed by atoms with Crippen LogP contribution in [0.5, 0.6) is 0 Å². The van der Waals surface area contributed by atoms with Gasteiger partial charge in [0.2, 0.25) is 0 Å². The highest BCUT2D eigenvalue weighted by Gasteiger charge is 2.33. The predicted molar refractivity (Wildman–Crippen MR) is 42.7 cm³/mol. The van der Waals surface area contributed by atoms with Gasteiger partial charge in [-0.2, -0.15) is 0 Å². The number of hydrogen-bond acceptors (Lipinski definition) is 3. The SMILES string of the molecule is CN1C(=O)NC(=N)[C@H](Br)[C@H]1O. The lowest BCUT2D eigenvalue weighted by atomic mass is 10.3. The van der Waals surface area contributed by atoms with Gasteiger partial charge in [0.25, 0.3) is 0 Å². The molecule has 62 valence electrons. The maximum atomic E-state index is 10.9. The van der Waals surface area contributed by atoms with E-state index in [0.717, 1.165) is 4.90 Å². The first-order chi connectivity index (χ1) is 5.04. The van der Waals surface area contributed by atoms with E-state index in [4.69, 9.17) is 5.41 Å². The lowest BCUT2D eigenvalue weighted by Crippen LogP contribution is -2.59. The Balaban J connectivity index is 2.78. The molecule has 0 aromatic carbocycles. The van der Waals surface area contributed by atoms with Gasteiger partial charge in [0.1, 0.15) is 16.9 Å². The molecule has 1 fully saturated rings. The van der Waals surface area contributed by atoms with E-state index in [2.05, 4.69) is 21.2 Å². The number of urea groups is 1. The molecule has 1 rings (SSSR count). The molecule has 2 atom stereocenters. The van der Waals surface area contributed by atoms with Crippen LogP contribution in [0.2, 0.25) is 0 Å². The molecule has 0 bridgehead atoms. The molecule has 0 radical (unpaired) electrons. The van der Waals surface area contributed by atoms with Crippen molar-refractivity contribution in [2.24, 2.45) is 0 Å². The van der Waals surface area contributed by atoms with Gasteiger partial charge in [-0.1, -0.05) is 15.9 Å². The molecule has 6 heteroatoms. The second-order valence-electron chi connectivity index (χ2n) is 2.27. The van der Waals surface area contributed by atoms with Gasteiger partial charge in [0.05, 0.1) is 0 Å². The molecule has 0 aromatic heterocycles. The third-order valence-corrected chi connectivity index (χ3v) is 2.43. The maximum absolute atomic E-state index is 10.9. The monoisotopic (exact) mass is 221 g/mol. The number of amidine groups is 1. The van der Waals surface area contributed by atoms with Gasteiger partial charge in [0.15, 0.2) is 0 Å². The Hall–Kier alpha value is -0.620. The van der Waals surface area contributed by atoms with Gasteiger partial charge in [-0.05, 0) is 0 Å². The molecule has 5 nitrogen and oxygen atoms in total. The van der Waals surface area contributed by atoms with Crippen molar-refractivity contribution in [2.75, 3.05) is 7.05 Å². The van der Waals surface area contributed by atoms with Crippen LogP contribution in [0.4, 0.5) is 4.79 Å². The summed E-state index contributed by atoms with van der Waals surface area (Å²) >= 11 is 3.06. The van der Waals surface area contributed by atoms with Gasteiger partial charge in [0, 0.05) is 7.05 Å². The molecule has 2 amide bonds. The fourth-order valence-corrected chi connectivity index (χ4v) is 1.21. The molecule has 1 heterocycles. The molecule has 11 heavy (non-hydrogen) atoms. The van der Waals surface area contributed by atoms with Crippen LogP contribution in [0.15, 0.2) is 0 Å². The number of carbonyl (C=O) groups excluding carboxylic acids is 1. The molecular formula is C5H8BrN3O2. The van der Waals surface area contributed by atoms with Crippen molar-refractivity contribution in [3.05, 3.63) is 0 Å². The second-order valence-corrected chi connectivity index (χ2v) is 3.26. The van der Waals surface area contributed by atoms with Crippen molar-refractivity contribution >= 4 is 27.8 Å². The van der Waals surface area contributed by atoms with Crippen LogP contribution in [-0.2, 0) is 0 Å². The largest absolute Gasteiger partial charge is 0.372 e. The highest BCUT2D eigenvalue weighted by Crippen LogP contribution is 2.13. The van der Waals surface area contributed by atoms with Crippen LogP contribution < -0.4 is 5.32 Å². The Morgan fingerprint density at radius 3 is 2.91 bits per heavy atom. The number of aliphatic hydroxyl groups excluding tert-OH is 1. The highest BCUT2D eigenvalue weighted by atomic mass is 79.9. The normalized spacial score (nSPS) is 32.1. The van der Waals surface area contributed by atoms with Crippen LogP contribution in [0, 0.1) is 5.41 Å². The Bertz CT molecular complexity index is 188. The third-order valence-electron chi connectivity index (χ3n) is 1.50. The zero-order valence-electron chi connectivity index (χ0n) is 5.84. The molecule has 1 aliphatic heterocycles. The fraction of sp³-hybridized carbons (Fsp3) is 0.600. The minimum absolute atomic E-state index is 0.0133. The van der Waals surface area contributed by atoms with E-state index < -0.39 is 17.1 Å². The number of rotatable bonds is 0. The molecule has 1 saturated heterocycles. The van der Waals surface area contributed by atoms with Crippen molar-refractivity contribution in [3.63, 3.8) is 0 Å². The number of amides is 2. The minimum Gasteiger partial charge on any atom is -0.372 e. The van der Waals surface area contributed by atoms with E-state index in [-0.39, 0.29) is 5.84 Å². The zero-order valence-corrected chi connectivity index (χ0v) is 7.42. The lowest BCUT2D eigenvalue weighted by molar-refractivity contribution is 0.0519. The summed E-state index contributed by atoms with van der Waals surface area (Å²) in [6.45, 7) is 0. The maximum Gasteiger partial charge on any atom is 0.324 e. The molecule has 0 spiro atoms. The number of alkyl halides is 1. The van der Waals surface area contributed by atoms with E-state index in [0.29, 0.717) is 0 Å². The average molecular weight is 222 g/mol. The molecule has 1 aliphatic rings. The van der Waals surface area contributed by atoms with E-state index in [1.165, 1.54) is 7.05 Å². The number of hydrogen-bond donors (Lipinski definition) is 3. The molecule has 0 saturated carbocycles. The first-order valence-electron chi connectivity index (χ1n) is 2.98. The van der Waals surface area contributed by atoms with Gasteiger partial charge in [-0.25, -0.2) is 4.79 Å². The number of aliphatic hydroxyl groups is 1. The number of halogens is 1. The van der Waals surface area contributed by atoms with Gasteiger partial charge in [-0.3, -0.25) is 10.7 Å². The Morgan fingerprint density at radius 1 is 1.82 bits per heavy atom. The summed E-state index contributed by atoms with van der Waals surface area (Å²) in [4.78, 5) is 11.5. The number of carbonyl (C=O) groups is 1. The first kappa shape index (κ1) is 8.48. The summed E-state index contributed by atoms with van der Waals surface area (Å²) < 4.78 is 0. The van der Waals surface area contributed by atoms with Gasteiger partial charge >= 0.3 is 6.03 Å². The summed E-state index contributed by atoms with van der Waals surface area (Å²) in [5.41, 5.74) is 0. The van der Waals surface area contributed by atoms with Crippen LogP contribution >= 0.6 is 15.9 Å². The number of nitrogens with one attached hydrogen (secondary N) is 2. The van der Waals surface area contributed by atoms with E-state index >= 15 is 0 Å². The van der Waals surface area contributed by atoms with E-state index in [9.17, 15) is 9.90 Å².